The second-order valence-corrected chi connectivity index (χ2v) is 5.16. The maximum atomic E-state index is 12.9. The Hall–Kier alpha value is -2.21. The number of nitrogens with zero attached hydrogens (tertiary/aromatic N) is 1. The molecule has 21 heavy (non-hydrogen) atoms. The van der Waals surface area contributed by atoms with E-state index >= 15 is 0 Å². The number of benzene rings is 1. The van der Waals surface area contributed by atoms with E-state index in [9.17, 15) is 9.18 Å². The summed E-state index contributed by atoms with van der Waals surface area (Å²) in [6.07, 6.45) is 1.65. The zero-order chi connectivity index (χ0) is 14.7. The molecule has 1 amide bonds. The summed E-state index contributed by atoms with van der Waals surface area (Å²) in [5.74, 6) is 0.540. The predicted molar refractivity (Wildman–Crippen MR) is 75.0 cm³/mol. The molecule has 6 heteroatoms. The lowest BCUT2D eigenvalue weighted by Gasteiger charge is -2.26. The number of hydrogen-bond donors (Lipinski definition) is 2. The fraction of sp³-hybridized carbons (Fsp3) is 0.333. The van der Waals surface area contributed by atoms with Crippen molar-refractivity contribution in [3.63, 3.8) is 0 Å². The Labute approximate surface area is 121 Å². The first kappa shape index (κ1) is 13.8. The Morgan fingerprint density at radius 3 is 2.81 bits per heavy atom. The van der Waals surface area contributed by atoms with Crippen LogP contribution in [0.4, 0.5) is 4.39 Å². The fourth-order valence-corrected chi connectivity index (χ4v) is 2.09. The zero-order valence-corrected chi connectivity index (χ0v) is 11.4. The lowest BCUT2D eigenvalue weighted by molar-refractivity contribution is -0.120. The molecule has 1 aliphatic rings. The number of carbonyl (C=O) groups excluding carboxylic acids is 1. The van der Waals surface area contributed by atoms with E-state index in [1.807, 2.05) is 0 Å². The number of hydrogen-bond acceptors (Lipinski definition) is 4. The molecular formula is C15H16FN3O2. The molecule has 0 spiro atoms. The topological polar surface area (TPSA) is 67.2 Å². The van der Waals surface area contributed by atoms with Crippen molar-refractivity contribution >= 4 is 5.91 Å². The van der Waals surface area contributed by atoms with Crippen LogP contribution in [-0.4, -0.2) is 30.5 Å². The van der Waals surface area contributed by atoms with Gasteiger partial charge >= 0.3 is 0 Å². The van der Waals surface area contributed by atoms with Gasteiger partial charge in [0, 0.05) is 31.1 Å². The molecule has 0 aliphatic carbocycles. The average Bonchev–Trinajstić information content (AvgIpc) is 2.86. The van der Waals surface area contributed by atoms with Gasteiger partial charge in [0.2, 0.25) is 11.8 Å². The maximum absolute atomic E-state index is 12.9. The molecule has 5 nitrogen and oxygen atoms in total. The van der Waals surface area contributed by atoms with Gasteiger partial charge in [0.05, 0.1) is 12.1 Å². The van der Waals surface area contributed by atoms with Crippen molar-refractivity contribution in [1.29, 1.82) is 0 Å². The first-order valence-electron chi connectivity index (χ1n) is 6.88. The Morgan fingerprint density at radius 1 is 1.38 bits per heavy atom. The van der Waals surface area contributed by atoms with Crippen LogP contribution in [0.15, 0.2) is 34.9 Å². The van der Waals surface area contributed by atoms with Gasteiger partial charge in [0.15, 0.2) is 0 Å². The molecule has 0 atom stereocenters. The van der Waals surface area contributed by atoms with Crippen LogP contribution in [-0.2, 0) is 11.2 Å². The Bertz CT molecular complexity index is 620. The molecule has 0 bridgehead atoms. The first-order chi connectivity index (χ1) is 10.2. The summed E-state index contributed by atoms with van der Waals surface area (Å²) in [5, 5.41) is 6.03. The van der Waals surface area contributed by atoms with Crippen molar-refractivity contribution in [3.05, 3.63) is 42.0 Å². The Balaban J connectivity index is 1.56. The zero-order valence-electron chi connectivity index (χ0n) is 11.4. The smallest absolute Gasteiger partial charge is 0.226 e. The molecule has 0 saturated carbocycles. The van der Waals surface area contributed by atoms with Crippen LogP contribution in [0, 0.1) is 11.7 Å². The monoisotopic (exact) mass is 289 g/mol. The molecular weight excluding hydrogens is 273 g/mol. The largest absolute Gasteiger partial charge is 0.444 e. The van der Waals surface area contributed by atoms with Gasteiger partial charge in [-0.25, -0.2) is 9.37 Å². The molecule has 2 N–H and O–H groups in total. The van der Waals surface area contributed by atoms with Crippen LogP contribution in [0.25, 0.3) is 11.5 Å². The number of oxazole rings is 1. The summed E-state index contributed by atoms with van der Waals surface area (Å²) < 4.78 is 18.2. The highest BCUT2D eigenvalue weighted by molar-refractivity contribution is 5.78. The second-order valence-electron chi connectivity index (χ2n) is 5.16. The van der Waals surface area contributed by atoms with Gasteiger partial charge < -0.3 is 15.1 Å². The van der Waals surface area contributed by atoms with Crippen molar-refractivity contribution in [2.75, 3.05) is 19.6 Å². The van der Waals surface area contributed by atoms with E-state index in [4.69, 9.17) is 4.42 Å². The number of carbonyl (C=O) groups is 1. The molecule has 0 radical (unpaired) electrons. The molecule has 2 aromatic rings. The minimum absolute atomic E-state index is 0.0687. The van der Waals surface area contributed by atoms with Gasteiger partial charge in [0.1, 0.15) is 12.1 Å². The van der Waals surface area contributed by atoms with E-state index in [1.54, 1.807) is 12.1 Å². The molecule has 1 fully saturated rings. The van der Waals surface area contributed by atoms with E-state index in [2.05, 4.69) is 15.6 Å². The van der Waals surface area contributed by atoms with E-state index in [0.717, 1.165) is 13.1 Å². The summed E-state index contributed by atoms with van der Waals surface area (Å²) in [5.41, 5.74) is 1.25. The minimum atomic E-state index is -0.310. The number of aromatic nitrogens is 1. The third-order valence-corrected chi connectivity index (χ3v) is 3.44. The summed E-state index contributed by atoms with van der Waals surface area (Å²) >= 11 is 0. The van der Waals surface area contributed by atoms with Gasteiger partial charge in [0.25, 0.3) is 0 Å². The third kappa shape index (κ3) is 3.46. The van der Waals surface area contributed by atoms with Crippen molar-refractivity contribution in [2.24, 2.45) is 5.92 Å². The number of halogens is 1. The van der Waals surface area contributed by atoms with Crippen LogP contribution < -0.4 is 10.6 Å². The molecule has 2 heterocycles. The van der Waals surface area contributed by atoms with Crippen molar-refractivity contribution in [1.82, 2.24) is 15.6 Å². The standard InChI is InChI=1S/C15H16FN3O2/c16-12-3-1-11(2-4-12)15-19-13(9-21-15)5-14(20)18-8-10-6-17-7-10/h1-4,9-10,17H,5-8H2,(H,18,20). The summed E-state index contributed by atoms with van der Waals surface area (Å²) in [6.45, 7) is 2.60. The van der Waals surface area contributed by atoms with Crippen LogP contribution in [0.3, 0.4) is 0 Å². The quantitative estimate of drug-likeness (QED) is 0.872. The molecule has 1 saturated heterocycles. The number of nitrogens with one attached hydrogen (secondary N) is 2. The maximum Gasteiger partial charge on any atom is 0.226 e. The van der Waals surface area contributed by atoms with E-state index < -0.39 is 0 Å². The highest BCUT2D eigenvalue weighted by atomic mass is 19.1. The molecule has 1 aromatic heterocycles. The minimum Gasteiger partial charge on any atom is -0.444 e. The Kier molecular flexibility index (Phi) is 3.96. The highest BCUT2D eigenvalue weighted by Gasteiger charge is 2.17. The summed E-state index contributed by atoms with van der Waals surface area (Å²) in [7, 11) is 0. The van der Waals surface area contributed by atoms with E-state index in [0.29, 0.717) is 29.6 Å². The van der Waals surface area contributed by atoms with Crippen molar-refractivity contribution in [2.45, 2.75) is 6.42 Å². The van der Waals surface area contributed by atoms with Crippen LogP contribution in [0.2, 0.25) is 0 Å². The fourth-order valence-electron chi connectivity index (χ4n) is 2.09. The van der Waals surface area contributed by atoms with Gasteiger partial charge in [-0.3, -0.25) is 4.79 Å². The summed E-state index contributed by atoms with van der Waals surface area (Å²) in [4.78, 5) is 16.0. The molecule has 3 rings (SSSR count). The Morgan fingerprint density at radius 2 is 2.14 bits per heavy atom. The van der Waals surface area contributed by atoms with Crippen LogP contribution in [0.1, 0.15) is 5.69 Å². The van der Waals surface area contributed by atoms with E-state index in [-0.39, 0.29) is 18.1 Å². The average molecular weight is 289 g/mol. The van der Waals surface area contributed by atoms with Crippen molar-refractivity contribution in [3.8, 4) is 11.5 Å². The van der Waals surface area contributed by atoms with Gasteiger partial charge in [-0.2, -0.15) is 0 Å². The molecule has 110 valence electrons. The lowest BCUT2D eigenvalue weighted by atomic mass is 10.0. The predicted octanol–water partition coefficient (Wildman–Crippen LogP) is 1.36. The van der Waals surface area contributed by atoms with Gasteiger partial charge in [-0.05, 0) is 24.3 Å². The van der Waals surface area contributed by atoms with Crippen LogP contribution in [0.5, 0.6) is 0 Å². The second kappa shape index (κ2) is 6.05. The normalized spacial score (nSPS) is 14.7. The first-order valence-corrected chi connectivity index (χ1v) is 6.88. The van der Waals surface area contributed by atoms with Crippen LogP contribution >= 0.6 is 0 Å². The molecule has 1 aromatic carbocycles. The molecule has 1 aliphatic heterocycles. The highest BCUT2D eigenvalue weighted by Crippen LogP contribution is 2.19. The molecule has 0 unspecified atom stereocenters. The number of rotatable bonds is 5. The van der Waals surface area contributed by atoms with E-state index in [1.165, 1.54) is 18.4 Å². The third-order valence-electron chi connectivity index (χ3n) is 3.44. The lowest BCUT2D eigenvalue weighted by Crippen LogP contribution is -2.48. The SMILES string of the molecule is O=C(Cc1coc(-c2ccc(F)cc2)n1)NCC1CNC1. The summed E-state index contributed by atoms with van der Waals surface area (Å²) in [6, 6.07) is 5.88. The number of amides is 1. The van der Waals surface area contributed by atoms with Gasteiger partial charge in [-0.1, -0.05) is 0 Å². The van der Waals surface area contributed by atoms with Gasteiger partial charge in [-0.15, -0.1) is 0 Å². The van der Waals surface area contributed by atoms with Crippen molar-refractivity contribution < 1.29 is 13.6 Å².